The predicted molar refractivity (Wildman–Crippen MR) is 123 cm³/mol. The molecule has 4 rings (SSSR count). The molecule has 0 saturated carbocycles. The molecule has 1 N–H and O–H groups in total. The number of fused-ring (bicyclic) bond motifs is 1. The predicted octanol–water partition coefficient (Wildman–Crippen LogP) is 5.63. The van der Waals surface area contributed by atoms with Crippen molar-refractivity contribution < 1.29 is 4.79 Å². The van der Waals surface area contributed by atoms with Gasteiger partial charge in [0.25, 0.3) is 0 Å². The molecule has 0 atom stereocenters. The number of anilines is 1. The topological polar surface area (TPSA) is 59.8 Å². The molecule has 0 radical (unpaired) electrons. The molecule has 0 spiro atoms. The average Bonchev–Trinajstić information content (AvgIpc) is 3.06. The third-order valence-corrected chi connectivity index (χ3v) is 6.01. The third kappa shape index (κ3) is 4.66. The number of imidazole rings is 1. The van der Waals surface area contributed by atoms with E-state index in [1.807, 2.05) is 60.9 Å². The lowest BCUT2D eigenvalue weighted by Crippen LogP contribution is -2.19. The molecule has 0 aliphatic rings. The molecule has 5 nitrogen and oxygen atoms in total. The first-order valence-corrected chi connectivity index (χ1v) is 10.9. The number of nitrogens with one attached hydrogen (secondary N) is 1. The van der Waals surface area contributed by atoms with E-state index in [1.54, 1.807) is 24.2 Å². The van der Waals surface area contributed by atoms with Gasteiger partial charge in [0.1, 0.15) is 6.54 Å². The number of rotatable bonds is 6. The molecule has 2 aromatic carbocycles. The summed E-state index contributed by atoms with van der Waals surface area (Å²) in [5, 5.41) is 4.49. The minimum atomic E-state index is -0.102. The summed E-state index contributed by atoms with van der Waals surface area (Å²) in [6, 6.07) is 15.6. The number of aryl methyl sites for hydroxylation is 2. The second kappa shape index (κ2) is 8.90. The Labute approximate surface area is 184 Å². The normalized spacial score (nSPS) is 11.0. The fourth-order valence-corrected chi connectivity index (χ4v) is 4.44. The number of pyridine rings is 1. The highest BCUT2D eigenvalue weighted by molar-refractivity contribution is 7.98. The molecule has 0 unspecified atom stereocenters. The van der Waals surface area contributed by atoms with E-state index in [0.717, 1.165) is 38.6 Å². The highest BCUT2D eigenvalue weighted by Crippen LogP contribution is 2.27. The van der Waals surface area contributed by atoms with Crippen molar-refractivity contribution in [2.75, 3.05) is 5.32 Å². The summed E-state index contributed by atoms with van der Waals surface area (Å²) in [7, 11) is 0. The molecule has 0 saturated heterocycles. The van der Waals surface area contributed by atoms with Crippen molar-refractivity contribution >= 4 is 46.0 Å². The molecular formula is C23H21ClN4OS. The Kier molecular flexibility index (Phi) is 6.06. The number of thioether (sulfide) groups is 1. The van der Waals surface area contributed by atoms with Crippen LogP contribution in [0, 0.1) is 13.8 Å². The summed E-state index contributed by atoms with van der Waals surface area (Å²) in [5.41, 5.74) is 5.78. The number of aromatic nitrogens is 3. The SMILES string of the molecule is Cc1ccc(NC(=O)Cn2c(SCc3cccc(Cl)c3)nc3ccncc32)c(C)c1. The number of hydrogen-bond acceptors (Lipinski definition) is 4. The van der Waals surface area contributed by atoms with Crippen LogP contribution >= 0.6 is 23.4 Å². The minimum absolute atomic E-state index is 0.102. The van der Waals surface area contributed by atoms with E-state index in [-0.39, 0.29) is 12.5 Å². The number of hydrogen-bond donors (Lipinski definition) is 1. The van der Waals surface area contributed by atoms with Crippen LogP contribution in [0.1, 0.15) is 16.7 Å². The van der Waals surface area contributed by atoms with Crippen LogP contribution in [0.3, 0.4) is 0 Å². The molecule has 0 bridgehead atoms. The van der Waals surface area contributed by atoms with Gasteiger partial charge in [0.05, 0.1) is 17.2 Å². The van der Waals surface area contributed by atoms with Crippen LogP contribution in [0.15, 0.2) is 66.1 Å². The van der Waals surface area contributed by atoms with Crippen molar-refractivity contribution in [2.24, 2.45) is 0 Å². The van der Waals surface area contributed by atoms with Crippen LogP contribution in [0.2, 0.25) is 5.02 Å². The molecule has 30 heavy (non-hydrogen) atoms. The van der Waals surface area contributed by atoms with E-state index in [9.17, 15) is 4.79 Å². The third-order valence-electron chi connectivity index (χ3n) is 4.73. The number of benzene rings is 2. The van der Waals surface area contributed by atoms with Gasteiger partial charge in [0.2, 0.25) is 5.91 Å². The zero-order valence-electron chi connectivity index (χ0n) is 16.7. The van der Waals surface area contributed by atoms with Crippen molar-refractivity contribution in [1.82, 2.24) is 14.5 Å². The van der Waals surface area contributed by atoms with Crippen molar-refractivity contribution in [2.45, 2.75) is 31.3 Å². The smallest absolute Gasteiger partial charge is 0.244 e. The Hall–Kier alpha value is -2.83. The Morgan fingerprint density at radius 1 is 1.17 bits per heavy atom. The maximum Gasteiger partial charge on any atom is 0.244 e. The maximum atomic E-state index is 12.8. The lowest BCUT2D eigenvalue weighted by atomic mass is 10.1. The first kappa shape index (κ1) is 20.4. The quantitative estimate of drug-likeness (QED) is 0.398. The summed E-state index contributed by atoms with van der Waals surface area (Å²) in [6.45, 7) is 4.19. The number of nitrogens with zero attached hydrogens (tertiary/aromatic N) is 3. The summed E-state index contributed by atoms with van der Waals surface area (Å²) in [6.07, 6.45) is 3.46. The fourth-order valence-electron chi connectivity index (χ4n) is 3.27. The van der Waals surface area contributed by atoms with Crippen LogP contribution < -0.4 is 5.32 Å². The van der Waals surface area contributed by atoms with Gasteiger partial charge in [-0.05, 0) is 49.2 Å². The van der Waals surface area contributed by atoms with Crippen molar-refractivity contribution in [3.05, 3.63) is 82.6 Å². The first-order chi connectivity index (χ1) is 14.5. The van der Waals surface area contributed by atoms with Gasteiger partial charge < -0.3 is 9.88 Å². The zero-order valence-corrected chi connectivity index (χ0v) is 18.3. The molecule has 0 aliphatic carbocycles. The van der Waals surface area contributed by atoms with Gasteiger partial charge in [0.15, 0.2) is 5.16 Å². The highest BCUT2D eigenvalue weighted by Gasteiger charge is 2.15. The van der Waals surface area contributed by atoms with Gasteiger partial charge >= 0.3 is 0 Å². The van der Waals surface area contributed by atoms with Gasteiger partial charge in [-0.2, -0.15) is 0 Å². The first-order valence-electron chi connectivity index (χ1n) is 9.54. The van der Waals surface area contributed by atoms with Crippen molar-refractivity contribution in [3.63, 3.8) is 0 Å². The monoisotopic (exact) mass is 436 g/mol. The van der Waals surface area contributed by atoms with Crippen molar-refractivity contribution in [3.8, 4) is 0 Å². The van der Waals surface area contributed by atoms with Crippen LogP contribution in [0.25, 0.3) is 11.0 Å². The Bertz CT molecular complexity index is 1220. The van der Waals surface area contributed by atoms with Gasteiger partial charge in [0, 0.05) is 22.7 Å². The van der Waals surface area contributed by atoms with E-state index in [2.05, 4.69) is 16.4 Å². The van der Waals surface area contributed by atoms with Crippen LogP contribution in [-0.4, -0.2) is 20.4 Å². The Morgan fingerprint density at radius 2 is 2.03 bits per heavy atom. The summed E-state index contributed by atoms with van der Waals surface area (Å²) < 4.78 is 1.91. The number of amides is 1. The van der Waals surface area contributed by atoms with Gasteiger partial charge in [-0.1, -0.05) is 53.2 Å². The Balaban J connectivity index is 1.57. The van der Waals surface area contributed by atoms with Gasteiger partial charge in [-0.3, -0.25) is 9.78 Å². The molecule has 2 aromatic heterocycles. The second-order valence-corrected chi connectivity index (χ2v) is 8.51. The zero-order chi connectivity index (χ0) is 21.1. The van der Waals surface area contributed by atoms with E-state index in [1.165, 1.54) is 0 Å². The minimum Gasteiger partial charge on any atom is -0.324 e. The summed E-state index contributed by atoms with van der Waals surface area (Å²) in [4.78, 5) is 21.7. The Morgan fingerprint density at radius 3 is 2.83 bits per heavy atom. The molecule has 4 aromatic rings. The fraction of sp³-hybridized carbons (Fsp3) is 0.174. The van der Waals surface area contributed by atoms with Crippen molar-refractivity contribution in [1.29, 1.82) is 0 Å². The van der Waals surface area contributed by atoms with Crippen LogP contribution in [-0.2, 0) is 17.1 Å². The number of carbonyl (C=O) groups excluding carboxylic acids is 1. The average molecular weight is 437 g/mol. The van der Waals surface area contributed by atoms with Gasteiger partial charge in [-0.25, -0.2) is 4.98 Å². The van der Waals surface area contributed by atoms with E-state index < -0.39 is 0 Å². The molecule has 0 aliphatic heterocycles. The number of carbonyl (C=O) groups is 1. The van der Waals surface area contributed by atoms with E-state index in [4.69, 9.17) is 16.6 Å². The van der Waals surface area contributed by atoms with E-state index in [0.29, 0.717) is 10.8 Å². The number of halogens is 1. The molecule has 0 fully saturated rings. The lowest BCUT2D eigenvalue weighted by Gasteiger charge is -2.12. The molecule has 1 amide bonds. The summed E-state index contributed by atoms with van der Waals surface area (Å²) in [5.74, 6) is 0.602. The molecule has 7 heteroatoms. The van der Waals surface area contributed by atoms with Crippen LogP contribution in [0.5, 0.6) is 0 Å². The lowest BCUT2D eigenvalue weighted by molar-refractivity contribution is -0.116. The van der Waals surface area contributed by atoms with E-state index >= 15 is 0 Å². The summed E-state index contributed by atoms with van der Waals surface area (Å²) >= 11 is 7.67. The standard InChI is InChI=1S/C23H21ClN4OS/c1-15-6-7-19(16(2)10-15)26-22(29)13-28-21-12-25-9-8-20(21)27-23(28)30-14-17-4-3-5-18(24)11-17/h3-12H,13-14H2,1-2H3,(H,26,29). The highest BCUT2D eigenvalue weighted by atomic mass is 35.5. The van der Waals surface area contributed by atoms with Crippen LogP contribution in [0.4, 0.5) is 5.69 Å². The molecular weight excluding hydrogens is 416 g/mol. The largest absolute Gasteiger partial charge is 0.324 e. The maximum absolute atomic E-state index is 12.8. The van der Waals surface area contributed by atoms with Gasteiger partial charge in [-0.15, -0.1) is 0 Å². The molecule has 2 heterocycles. The molecule has 152 valence electrons. The second-order valence-electron chi connectivity index (χ2n) is 7.13.